The maximum absolute atomic E-state index is 13.3. The van der Waals surface area contributed by atoms with Gasteiger partial charge in [-0.2, -0.15) is 0 Å². The number of benzene rings is 3. The molecule has 3 N–H and O–H groups in total. The topological polar surface area (TPSA) is 112 Å². The van der Waals surface area contributed by atoms with Crippen LogP contribution in [0.2, 0.25) is 0 Å². The van der Waals surface area contributed by atoms with Gasteiger partial charge in [0, 0.05) is 57.8 Å². The van der Waals surface area contributed by atoms with Crippen molar-refractivity contribution in [1.29, 1.82) is 0 Å². The zero-order chi connectivity index (χ0) is 32.2. The summed E-state index contributed by atoms with van der Waals surface area (Å²) in [4.78, 5) is 34.6. The number of nitrogens with one attached hydrogen (secondary N) is 2. The third kappa shape index (κ3) is 4.68. The number of hydrogen-bond donors (Lipinski definition) is 3. The number of carbonyl (C=O) groups is 1. The van der Waals surface area contributed by atoms with Gasteiger partial charge in [-0.25, -0.2) is 14.8 Å². The molecule has 0 spiro atoms. The highest BCUT2D eigenvalue weighted by Gasteiger charge is 2.29. The summed E-state index contributed by atoms with van der Waals surface area (Å²) in [5, 5.41) is 12.8. The van der Waals surface area contributed by atoms with Crippen molar-refractivity contribution in [2.24, 2.45) is 0 Å². The second kappa shape index (κ2) is 11.3. The maximum Gasteiger partial charge on any atom is 0.337 e. The van der Waals surface area contributed by atoms with Gasteiger partial charge >= 0.3 is 5.97 Å². The van der Waals surface area contributed by atoms with Crippen molar-refractivity contribution in [2.45, 2.75) is 38.1 Å². The summed E-state index contributed by atoms with van der Waals surface area (Å²) in [6, 6.07) is 30.4. The number of aromatic amines is 2. The van der Waals surface area contributed by atoms with Gasteiger partial charge in [-0.1, -0.05) is 37.5 Å². The fourth-order valence-electron chi connectivity index (χ4n) is 7.49. The fourth-order valence-corrected chi connectivity index (χ4v) is 7.49. The van der Waals surface area contributed by atoms with E-state index in [9.17, 15) is 9.90 Å². The molecule has 1 saturated carbocycles. The quantitative estimate of drug-likeness (QED) is 0.170. The molecule has 48 heavy (non-hydrogen) atoms. The molecule has 0 bridgehead atoms. The van der Waals surface area contributed by atoms with Gasteiger partial charge in [0.15, 0.2) is 0 Å². The number of fused-ring (bicyclic) bond motifs is 3. The summed E-state index contributed by atoms with van der Waals surface area (Å²) in [7, 11) is 0. The van der Waals surface area contributed by atoms with E-state index < -0.39 is 5.97 Å². The van der Waals surface area contributed by atoms with E-state index in [1.807, 2.05) is 79.1 Å². The standard InChI is InChI=1S/C40H32N6O2/c47-40(48)37-29(32-10-5-19-42-32)23-35-38(36(37)26-13-15-30-24(21-26)7-4-18-41-30)45-39(46(35)28-8-2-1-3-9-28)27-14-16-31-25(22-27)12-17-34(44-31)33-11-6-20-43-33/h4-7,10-23,28,42-43H,1-3,8-9H2,(H,47,48). The van der Waals surface area contributed by atoms with Crippen LogP contribution < -0.4 is 0 Å². The number of aromatic carboxylic acids is 1. The van der Waals surface area contributed by atoms with Gasteiger partial charge in [-0.15, -0.1) is 0 Å². The molecule has 0 amide bonds. The molecule has 8 heteroatoms. The fraction of sp³-hybridized carbons (Fsp3) is 0.150. The van der Waals surface area contributed by atoms with Gasteiger partial charge < -0.3 is 19.6 Å². The number of aromatic nitrogens is 6. The normalized spacial score (nSPS) is 13.9. The van der Waals surface area contributed by atoms with Crippen molar-refractivity contribution < 1.29 is 9.90 Å². The molecule has 5 heterocycles. The number of pyridine rings is 2. The molecule has 1 aliphatic carbocycles. The molecule has 1 fully saturated rings. The van der Waals surface area contributed by atoms with Crippen LogP contribution in [0, 0.1) is 0 Å². The first kappa shape index (κ1) is 28.2. The molecular weight excluding hydrogens is 596 g/mol. The summed E-state index contributed by atoms with van der Waals surface area (Å²) < 4.78 is 2.39. The average molecular weight is 629 g/mol. The van der Waals surface area contributed by atoms with E-state index in [2.05, 4.69) is 43.8 Å². The monoisotopic (exact) mass is 628 g/mol. The number of H-pyrrole nitrogens is 2. The smallest absolute Gasteiger partial charge is 0.337 e. The minimum Gasteiger partial charge on any atom is -0.478 e. The van der Waals surface area contributed by atoms with Crippen LogP contribution in [0.4, 0.5) is 0 Å². The van der Waals surface area contributed by atoms with Crippen LogP contribution in [0.3, 0.4) is 0 Å². The summed E-state index contributed by atoms with van der Waals surface area (Å²) in [5.41, 5.74) is 9.27. The Morgan fingerprint density at radius 2 is 1.50 bits per heavy atom. The van der Waals surface area contributed by atoms with Crippen molar-refractivity contribution in [2.75, 3.05) is 0 Å². The second-order valence-electron chi connectivity index (χ2n) is 12.6. The summed E-state index contributed by atoms with van der Waals surface area (Å²) in [6.07, 6.45) is 11.1. The molecule has 1 aliphatic rings. The van der Waals surface area contributed by atoms with Crippen LogP contribution in [-0.4, -0.2) is 40.6 Å². The molecule has 8 nitrogen and oxygen atoms in total. The first-order valence-electron chi connectivity index (χ1n) is 16.5. The van der Waals surface area contributed by atoms with Crippen molar-refractivity contribution in [1.82, 2.24) is 29.5 Å². The minimum atomic E-state index is -0.994. The first-order valence-corrected chi connectivity index (χ1v) is 16.5. The maximum atomic E-state index is 13.3. The lowest BCUT2D eigenvalue weighted by molar-refractivity contribution is 0.0698. The first-order chi connectivity index (χ1) is 23.6. The van der Waals surface area contributed by atoms with Gasteiger partial charge in [-0.3, -0.25) is 4.98 Å². The molecule has 0 unspecified atom stereocenters. The van der Waals surface area contributed by atoms with E-state index >= 15 is 0 Å². The molecule has 9 rings (SSSR count). The lowest BCUT2D eigenvalue weighted by atomic mass is 9.91. The molecule has 0 aliphatic heterocycles. The third-order valence-corrected chi connectivity index (χ3v) is 9.74. The van der Waals surface area contributed by atoms with Crippen LogP contribution in [-0.2, 0) is 0 Å². The number of nitrogens with zero attached hydrogens (tertiary/aromatic N) is 4. The van der Waals surface area contributed by atoms with Crippen LogP contribution >= 0.6 is 0 Å². The highest BCUT2D eigenvalue weighted by atomic mass is 16.4. The Bertz CT molecular complexity index is 2470. The Morgan fingerprint density at radius 1 is 0.750 bits per heavy atom. The molecule has 0 atom stereocenters. The lowest BCUT2D eigenvalue weighted by Crippen LogP contribution is -2.14. The molecule has 0 saturated heterocycles. The number of carboxylic acids is 1. The predicted octanol–water partition coefficient (Wildman–Crippen LogP) is 9.66. The molecule has 5 aromatic heterocycles. The summed E-state index contributed by atoms with van der Waals surface area (Å²) in [5.74, 6) is -0.151. The lowest BCUT2D eigenvalue weighted by Gasteiger charge is -2.26. The van der Waals surface area contributed by atoms with Gasteiger partial charge in [0.25, 0.3) is 0 Å². The Morgan fingerprint density at radius 3 is 2.29 bits per heavy atom. The van der Waals surface area contributed by atoms with Crippen molar-refractivity contribution in [3.63, 3.8) is 0 Å². The SMILES string of the molecule is O=C(O)c1c(-c2ccc[nH]2)cc2c(nc(-c3ccc4nc(-c5ccc[nH]5)ccc4c3)n2C2CCCCC2)c1-c1ccc2ncccc2c1. The van der Waals surface area contributed by atoms with Crippen LogP contribution in [0.1, 0.15) is 48.5 Å². The Balaban J connectivity index is 1.34. The van der Waals surface area contributed by atoms with E-state index in [1.165, 1.54) is 6.42 Å². The predicted molar refractivity (Wildman–Crippen MR) is 190 cm³/mol. The van der Waals surface area contributed by atoms with E-state index in [1.54, 1.807) is 6.20 Å². The van der Waals surface area contributed by atoms with Crippen LogP contribution in [0.5, 0.6) is 0 Å². The van der Waals surface area contributed by atoms with Crippen molar-refractivity contribution in [3.8, 4) is 45.2 Å². The van der Waals surface area contributed by atoms with E-state index in [0.29, 0.717) is 16.6 Å². The largest absolute Gasteiger partial charge is 0.478 e. The van der Waals surface area contributed by atoms with Crippen LogP contribution in [0.15, 0.2) is 110 Å². The van der Waals surface area contributed by atoms with Crippen molar-refractivity contribution in [3.05, 3.63) is 115 Å². The zero-order valence-electron chi connectivity index (χ0n) is 26.1. The van der Waals surface area contributed by atoms with E-state index in [4.69, 9.17) is 9.97 Å². The minimum absolute atomic E-state index is 0.229. The Kier molecular flexibility index (Phi) is 6.67. The third-order valence-electron chi connectivity index (χ3n) is 9.74. The van der Waals surface area contributed by atoms with Gasteiger partial charge in [0.2, 0.25) is 0 Å². The number of carboxylic acid groups (broad SMARTS) is 1. The second-order valence-corrected chi connectivity index (χ2v) is 12.6. The Labute approximate surface area is 276 Å². The van der Waals surface area contributed by atoms with Gasteiger partial charge in [0.1, 0.15) is 5.82 Å². The Hall–Kier alpha value is -6.02. The highest BCUT2D eigenvalue weighted by Crippen LogP contribution is 2.44. The number of imidazole rings is 1. The molecular formula is C40H32N6O2. The highest BCUT2D eigenvalue weighted by molar-refractivity contribution is 6.12. The molecule has 3 aromatic carbocycles. The average Bonchev–Trinajstić information content (AvgIpc) is 3.93. The number of rotatable bonds is 6. The molecule has 234 valence electrons. The zero-order valence-corrected chi connectivity index (χ0v) is 26.1. The van der Waals surface area contributed by atoms with Crippen LogP contribution in [0.25, 0.3) is 78.0 Å². The summed E-state index contributed by atoms with van der Waals surface area (Å²) in [6.45, 7) is 0. The van der Waals surface area contributed by atoms with Gasteiger partial charge in [0.05, 0.1) is 39.0 Å². The summed E-state index contributed by atoms with van der Waals surface area (Å²) >= 11 is 0. The van der Waals surface area contributed by atoms with E-state index in [0.717, 1.165) is 87.0 Å². The van der Waals surface area contributed by atoms with Crippen molar-refractivity contribution >= 4 is 38.8 Å². The van der Waals surface area contributed by atoms with Gasteiger partial charge in [-0.05, 0) is 91.2 Å². The van der Waals surface area contributed by atoms with E-state index in [-0.39, 0.29) is 11.6 Å². The number of hydrogen-bond acceptors (Lipinski definition) is 4. The molecule has 8 aromatic rings. The molecule has 0 radical (unpaired) electrons.